The predicted octanol–water partition coefficient (Wildman–Crippen LogP) is 8.68. The summed E-state index contributed by atoms with van der Waals surface area (Å²) in [7, 11) is 0. The van der Waals surface area contributed by atoms with Gasteiger partial charge in [-0.15, -0.1) is 0 Å². The van der Waals surface area contributed by atoms with Crippen molar-refractivity contribution < 1.29 is 33.5 Å². The van der Waals surface area contributed by atoms with Gasteiger partial charge in [0.05, 0.1) is 18.6 Å². The number of Topliss-reactive ketones (excluding diaryl/α,β-unsaturated/α-hetero) is 1. The Kier molecular flexibility index (Phi) is 13.8. The average Bonchev–Trinajstić information content (AvgIpc) is 3.50. The molecule has 8 heteroatoms. The monoisotopic (exact) mass is 736 g/mol. The Bertz CT molecular complexity index is 1830. The van der Waals surface area contributed by atoms with E-state index in [1.54, 1.807) is 0 Å². The molecule has 2 aromatic rings. The molecule has 0 atom stereocenters. The number of fused-ring (bicyclic) bond motifs is 2. The highest BCUT2D eigenvalue weighted by Gasteiger charge is 2.46. The lowest BCUT2D eigenvalue weighted by atomic mass is 9.77. The number of unbranched alkanes of at least 4 members (excludes halogenated alkanes) is 6. The van der Waals surface area contributed by atoms with Crippen molar-refractivity contribution in [2.24, 2.45) is 0 Å². The van der Waals surface area contributed by atoms with Gasteiger partial charge in [0.2, 0.25) is 5.69 Å². The molecule has 290 valence electrons. The number of esters is 2. The number of ether oxygens (including phenoxy) is 2. The normalized spacial score (nSPS) is 18.3. The summed E-state index contributed by atoms with van der Waals surface area (Å²) in [5, 5.41) is 13.9. The Morgan fingerprint density at radius 3 is 1.96 bits per heavy atom. The molecule has 2 aliphatic heterocycles. The highest BCUT2D eigenvalue weighted by Crippen LogP contribution is 2.49. The van der Waals surface area contributed by atoms with Crippen molar-refractivity contribution >= 4 is 34.8 Å². The number of para-hydroxylation sites is 2. The summed E-state index contributed by atoms with van der Waals surface area (Å²) in [5.74, 6) is -0.716. The molecule has 2 aromatic carbocycles. The van der Waals surface area contributed by atoms with E-state index in [0.717, 1.165) is 111 Å². The maximum Gasteiger partial charge on any atom is 0.305 e. The van der Waals surface area contributed by atoms with Crippen LogP contribution >= 0.6 is 0 Å². The van der Waals surface area contributed by atoms with Crippen LogP contribution in [0.25, 0.3) is 0 Å². The number of rotatable bonds is 20. The van der Waals surface area contributed by atoms with Gasteiger partial charge in [0.1, 0.15) is 6.54 Å². The van der Waals surface area contributed by atoms with Gasteiger partial charge < -0.3 is 19.5 Å². The fraction of sp³-hybridized carbons (Fsp3) is 0.522. The standard InChI is InChI=1S/C46H60N2O6/c1-7-9-29-53-41(49)25-13-11-19-27-47-37-23-17-15-21-35(37)45(3,4)39(47)31-33-43(51)34(44(33)52)32-40-46(5,6)36-22-16-18-24-38(36)48(40)28-20-12-14-26-42(50)54-30-10-8-2/h15-18,21-24,31-32H,7-14,19-20,25-30H2,1-6H3. The van der Waals surface area contributed by atoms with Crippen LogP contribution in [-0.2, 0) is 34.7 Å². The smallest absolute Gasteiger partial charge is 0.305 e. The van der Waals surface area contributed by atoms with Crippen molar-refractivity contribution in [2.45, 2.75) is 129 Å². The average molecular weight is 737 g/mol. The van der Waals surface area contributed by atoms with E-state index in [1.807, 2.05) is 36.4 Å². The Labute approximate surface area is 322 Å². The molecule has 0 bridgehead atoms. The first-order valence-corrected chi connectivity index (χ1v) is 20.3. The lowest BCUT2D eigenvalue weighted by Gasteiger charge is -2.33. The Morgan fingerprint density at radius 1 is 0.741 bits per heavy atom. The van der Waals surface area contributed by atoms with E-state index in [2.05, 4.69) is 75.3 Å². The quantitative estimate of drug-likeness (QED) is 0.0581. The highest BCUT2D eigenvalue weighted by atomic mass is 16.5. The number of anilines is 1. The van der Waals surface area contributed by atoms with Crippen molar-refractivity contribution in [1.29, 1.82) is 0 Å². The van der Waals surface area contributed by atoms with Crippen molar-refractivity contribution in [2.75, 3.05) is 31.2 Å². The largest absolute Gasteiger partial charge is 0.871 e. The molecule has 0 aromatic heterocycles. The SMILES string of the molecule is CCCCOC(=O)CCCCCN1/C(=C/C2=C([O-])C(=C/C3=[N+](CCCCCC(=O)OCCCC)c4ccccc4C3(C)C)/C2=O)C(C)(C)c2ccccc21. The number of allylic oxidation sites excluding steroid dienone is 5. The topological polar surface area (TPSA) is 99.0 Å². The first kappa shape index (κ1) is 40.7. The van der Waals surface area contributed by atoms with Crippen molar-refractivity contribution in [1.82, 2.24) is 0 Å². The predicted molar refractivity (Wildman–Crippen MR) is 213 cm³/mol. The molecule has 3 aliphatic rings. The zero-order valence-corrected chi connectivity index (χ0v) is 33.4. The van der Waals surface area contributed by atoms with Crippen LogP contribution in [0.15, 0.2) is 83.3 Å². The van der Waals surface area contributed by atoms with Gasteiger partial charge in [-0.25, -0.2) is 0 Å². The van der Waals surface area contributed by atoms with Crippen molar-refractivity contribution in [3.05, 3.63) is 94.4 Å². The number of hydrogen-bond donors (Lipinski definition) is 0. The van der Waals surface area contributed by atoms with Crippen LogP contribution in [0, 0.1) is 0 Å². The minimum absolute atomic E-state index is 0.137. The van der Waals surface area contributed by atoms with E-state index in [4.69, 9.17) is 9.47 Å². The lowest BCUT2D eigenvalue weighted by molar-refractivity contribution is -0.438. The molecule has 1 aliphatic carbocycles. The van der Waals surface area contributed by atoms with E-state index >= 15 is 0 Å². The summed E-state index contributed by atoms with van der Waals surface area (Å²) >= 11 is 0. The number of nitrogens with zero attached hydrogens (tertiary/aromatic N) is 2. The Balaban J connectivity index is 1.34. The van der Waals surface area contributed by atoms with Gasteiger partial charge in [-0.05, 0) is 70.1 Å². The molecule has 0 spiro atoms. The van der Waals surface area contributed by atoms with Gasteiger partial charge >= 0.3 is 11.9 Å². The molecule has 0 saturated heterocycles. The molecule has 54 heavy (non-hydrogen) atoms. The fourth-order valence-corrected chi connectivity index (χ4v) is 7.89. The highest BCUT2D eigenvalue weighted by molar-refractivity contribution is 6.24. The van der Waals surface area contributed by atoms with E-state index in [9.17, 15) is 19.5 Å². The van der Waals surface area contributed by atoms with Crippen LogP contribution in [0.1, 0.15) is 130 Å². The summed E-state index contributed by atoms with van der Waals surface area (Å²) < 4.78 is 12.9. The van der Waals surface area contributed by atoms with Gasteiger partial charge in [-0.2, -0.15) is 4.58 Å². The van der Waals surface area contributed by atoms with Gasteiger partial charge in [-0.3, -0.25) is 14.4 Å². The zero-order valence-electron chi connectivity index (χ0n) is 33.4. The van der Waals surface area contributed by atoms with Crippen LogP contribution in [0.4, 0.5) is 11.4 Å². The van der Waals surface area contributed by atoms with Crippen LogP contribution in [0.2, 0.25) is 0 Å². The Hall–Kier alpha value is -4.46. The molecule has 0 fully saturated rings. The second kappa shape index (κ2) is 18.2. The number of ketones is 1. The summed E-state index contributed by atoms with van der Waals surface area (Å²) in [5.41, 5.74) is 6.03. The first-order valence-electron chi connectivity index (χ1n) is 20.3. The van der Waals surface area contributed by atoms with Crippen LogP contribution in [0.5, 0.6) is 0 Å². The molecule has 0 unspecified atom stereocenters. The number of benzene rings is 2. The van der Waals surface area contributed by atoms with Gasteiger partial charge in [0.25, 0.3) is 0 Å². The third-order valence-corrected chi connectivity index (χ3v) is 11.2. The molecule has 0 amide bonds. The van der Waals surface area contributed by atoms with Crippen LogP contribution in [0.3, 0.4) is 0 Å². The maximum atomic E-state index is 13.9. The summed E-state index contributed by atoms with van der Waals surface area (Å²) in [6.45, 7) is 15.2. The molecular weight excluding hydrogens is 677 g/mol. The second-order valence-corrected chi connectivity index (χ2v) is 15.9. The third-order valence-electron chi connectivity index (χ3n) is 11.2. The maximum absolute atomic E-state index is 13.9. The second-order valence-electron chi connectivity index (χ2n) is 15.9. The molecule has 0 saturated carbocycles. The summed E-state index contributed by atoms with van der Waals surface area (Å²) in [6, 6.07) is 16.6. The lowest BCUT2D eigenvalue weighted by Crippen LogP contribution is -2.35. The Morgan fingerprint density at radius 2 is 1.33 bits per heavy atom. The van der Waals surface area contributed by atoms with E-state index in [0.29, 0.717) is 26.1 Å². The van der Waals surface area contributed by atoms with Gasteiger partial charge in [-0.1, -0.05) is 89.1 Å². The molecule has 0 radical (unpaired) electrons. The number of carbonyl (C=O) groups is 3. The first-order chi connectivity index (χ1) is 25.9. The van der Waals surface area contributed by atoms with E-state index in [1.165, 1.54) is 0 Å². The summed E-state index contributed by atoms with van der Waals surface area (Å²) in [6.07, 6.45) is 13.2. The molecular formula is C46H60N2O6. The van der Waals surface area contributed by atoms with E-state index in [-0.39, 0.29) is 34.6 Å². The number of hydrogen-bond acceptors (Lipinski definition) is 7. The molecule has 5 rings (SSSR count). The fourth-order valence-electron chi connectivity index (χ4n) is 7.89. The third kappa shape index (κ3) is 8.90. The van der Waals surface area contributed by atoms with Crippen LogP contribution < -0.4 is 10.0 Å². The molecule has 0 N–H and O–H groups in total. The molecule has 2 heterocycles. The minimum Gasteiger partial charge on any atom is -0.871 e. The minimum atomic E-state index is -0.403. The molecule has 8 nitrogen and oxygen atoms in total. The van der Waals surface area contributed by atoms with Crippen molar-refractivity contribution in [3.8, 4) is 0 Å². The summed E-state index contributed by atoms with van der Waals surface area (Å²) in [4.78, 5) is 40.4. The number of carbonyl (C=O) groups excluding carboxylic acids is 3. The van der Waals surface area contributed by atoms with Crippen molar-refractivity contribution in [3.63, 3.8) is 0 Å². The van der Waals surface area contributed by atoms with Gasteiger partial charge in [0, 0.05) is 71.5 Å². The van der Waals surface area contributed by atoms with E-state index < -0.39 is 10.8 Å². The zero-order chi connectivity index (χ0) is 38.9. The van der Waals surface area contributed by atoms with Crippen LogP contribution in [-0.4, -0.2) is 54.3 Å². The van der Waals surface area contributed by atoms with Gasteiger partial charge in [0.15, 0.2) is 11.5 Å².